The van der Waals surface area contributed by atoms with Gasteiger partial charge in [0.05, 0.1) is 5.56 Å². The van der Waals surface area contributed by atoms with Gasteiger partial charge in [0.15, 0.2) is 0 Å². The van der Waals surface area contributed by atoms with Gasteiger partial charge in [-0.05, 0) is 18.1 Å². The number of ether oxygens (including phenoxy) is 1. The summed E-state index contributed by atoms with van der Waals surface area (Å²) >= 11 is 0. The third-order valence-corrected chi connectivity index (χ3v) is 2.41. The Balaban J connectivity index is 2.37. The van der Waals surface area contributed by atoms with Crippen molar-refractivity contribution >= 4 is 5.97 Å². The predicted octanol–water partition coefficient (Wildman–Crippen LogP) is 2.18. The maximum atomic E-state index is 11.4. The summed E-state index contributed by atoms with van der Waals surface area (Å²) in [7, 11) is 0. The highest BCUT2D eigenvalue weighted by Crippen LogP contribution is 2.21. The van der Waals surface area contributed by atoms with Crippen molar-refractivity contribution < 1.29 is 9.53 Å². The Labute approximate surface area is 77.5 Å². The Hall–Kier alpha value is -1.31. The molecule has 0 saturated carbocycles. The number of carbonyl (C=O) groups excluding carboxylic acids is 1. The summed E-state index contributed by atoms with van der Waals surface area (Å²) in [6.07, 6.45) is 1.82. The first kappa shape index (κ1) is 8.30. The molecule has 2 nitrogen and oxygen atoms in total. The Morgan fingerprint density at radius 1 is 1.46 bits per heavy atom. The van der Waals surface area contributed by atoms with Crippen LogP contribution < -0.4 is 0 Å². The van der Waals surface area contributed by atoms with Crippen molar-refractivity contribution in [2.45, 2.75) is 25.9 Å². The molecule has 2 rings (SSSR count). The second kappa shape index (κ2) is 3.21. The number of rotatable bonds is 1. The molecule has 1 atom stereocenters. The van der Waals surface area contributed by atoms with Crippen LogP contribution in [0.4, 0.5) is 0 Å². The average Bonchev–Trinajstić information content (AvgIpc) is 2.18. The van der Waals surface area contributed by atoms with Gasteiger partial charge in [0.2, 0.25) is 0 Å². The van der Waals surface area contributed by atoms with Crippen LogP contribution in [0.1, 0.15) is 29.3 Å². The van der Waals surface area contributed by atoms with Crippen LogP contribution in [0, 0.1) is 0 Å². The first-order valence-corrected chi connectivity index (χ1v) is 4.60. The summed E-state index contributed by atoms with van der Waals surface area (Å²) in [5, 5.41) is 0. The second-order valence-electron chi connectivity index (χ2n) is 3.30. The van der Waals surface area contributed by atoms with Crippen LogP contribution in [0.2, 0.25) is 0 Å². The molecule has 0 spiro atoms. The van der Waals surface area contributed by atoms with Crippen LogP contribution in [0.25, 0.3) is 0 Å². The van der Waals surface area contributed by atoms with E-state index in [1.54, 1.807) is 0 Å². The molecule has 0 N–H and O–H groups in total. The number of carbonyl (C=O) groups is 1. The lowest BCUT2D eigenvalue weighted by Crippen LogP contribution is -2.26. The van der Waals surface area contributed by atoms with Gasteiger partial charge >= 0.3 is 5.97 Å². The van der Waals surface area contributed by atoms with Crippen molar-refractivity contribution in [3.63, 3.8) is 0 Å². The zero-order valence-corrected chi connectivity index (χ0v) is 7.62. The SMILES string of the molecule is CCC1Cc2ccccc2C(=O)O1. The summed E-state index contributed by atoms with van der Waals surface area (Å²) in [5.74, 6) is -0.172. The highest BCUT2D eigenvalue weighted by atomic mass is 16.5. The van der Waals surface area contributed by atoms with E-state index in [-0.39, 0.29) is 12.1 Å². The third-order valence-electron chi connectivity index (χ3n) is 2.41. The van der Waals surface area contributed by atoms with Crippen molar-refractivity contribution in [2.24, 2.45) is 0 Å². The standard InChI is InChI=1S/C11H12O2/c1-2-9-7-8-5-3-4-6-10(8)11(12)13-9/h3-6,9H,2,7H2,1H3. The molecule has 1 heterocycles. The van der Waals surface area contributed by atoms with Gasteiger partial charge in [-0.25, -0.2) is 4.79 Å². The van der Waals surface area contributed by atoms with Crippen LogP contribution in [0.15, 0.2) is 24.3 Å². The number of esters is 1. The van der Waals surface area contributed by atoms with Crippen LogP contribution in [0.3, 0.4) is 0 Å². The first-order chi connectivity index (χ1) is 6.31. The van der Waals surface area contributed by atoms with E-state index in [4.69, 9.17) is 4.74 Å². The minimum Gasteiger partial charge on any atom is -0.458 e. The topological polar surface area (TPSA) is 26.3 Å². The summed E-state index contributed by atoms with van der Waals surface area (Å²) in [4.78, 5) is 11.4. The fourth-order valence-electron chi connectivity index (χ4n) is 1.63. The minimum atomic E-state index is -0.172. The Bertz CT molecular complexity index is 331. The molecule has 0 bridgehead atoms. The van der Waals surface area contributed by atoms with Crippen LogP contribution in [-0.4, -0.2) is 12.1 Å². The van der Waals surface area contributed by atoms with Crippen molar-refractivity contribution in [3.8, 4) is 0 Å². The van der Waals surface area contributed by atoms with E-state index < -0.39 is 0 Å². The Morgan fingerprint density at radius 2 is 2.23 bits per heavy atom. The van der Waals surface area contributed by atoms with Crippen LogP contribution in [0.5, 0.6) is 0 Å². The normalized spacial score (nSPS) is 20.7. The molecule has 0 aliphatic carbocycles. The van der Waals surface area contributed by atoms with E-state index in [1.807, 2.05) is 31.2 Å². The molecule has 1 aliphatic heterocycles. The fraction of sp³-hybridized carbons (Fsp3) is 0.364. The van der Waals surface area contributed by atoms with Gasteiger partial charge in [-0.3, -0.25) is 0 Å². The lowest BCUT2D eigenvalue weighted by atomic mass is 9.98. The second-order valence-corrected chi connectivity index (χ2v) is 3.30. The molecule has 2 heteroatoms. The van der Waals surface area contributed by atoms with Crippen LogP contribution >= 0.6 is 0 Å². The molecule has 1 aromatic rings. The largest absolute Gasteiger partial charge is 0.458 e. The maximum Gasteiger partial charge on any atom is 0.338 e. The van der Waals surface area contributed by atoms with Gasteiger partial charge in [-0.15, -0.1) is 0 Å². The summed E-state index contributed by atoms with van der Waals surface area (Å²) in [6, 6.07) is 7.65. The first-order valence-electron chi connectivity index (χ1n) is 4.60. The molecular formula is C11H12O2. The Morgan fingerprint density at radius 3 is 3.00 bits per heavy atom. The number of cyclic esters (lactones) is 1. The van der Waals surface area contributed by atoms with Gasteiger partial charge in [0.25, 0.3) is 0 Å². The smallest absolute Gasteiger partial charge is 0.338 e. The lowest BCUT2D eigenvalue weighted by molar-refractivity contribution is 0.0249. The molecule has 13 heavy (non-hydrogen) atoms. The quantitative estimate of drug-likeness (QED) is 0.613. The van der Waals surface area contributed by atoms with E-state index in [0.717, 1.165) is 24.0 Å². The number of benzene rings is 1. The predicted molar refractivity (Wildman–Crippen MR) is 49.6 cm³/mol. The third kappa shape index (κ3) is 1.44. The summed E-state index contributed by atoms with van der Waals surface area (Å²) in [5.41, 5.74) is 1.85. The van der Waals surface area contributed by atoms with Crippen molar-refractivity contribution in [1.82, 2.24) is 0 Å². The average molecular weight is 176 g/mol. The summed E-state index contributed by atoms with van der Waals surface area (Å²) < 4.78 is 5.22. The molecule has 68 valence electrons. The number of hydrogen-bond acceptors (Lipinski definition) is 2. The number of hydrogen-bond donors (Lipinski definition) is 0. The molecule has 1 aromatic carbocycles. The molecule has 0 fully saturated rings. The highest BCUT2D eigenvalue weighted by molar-refractivity contribution is 5.92. The van der Waals surface area contributed by atoms with E-state index in [0.29, 0.717) is 0 Å². The highest BCUT2D eigenvalue weighted by Gasteiger charge is 2.24. The van der Waals surface area contributed by atoms with E-state index >= 15 is 0 Å². The van der Waals surface area contributed by atoms with E-state index in [2.05, 4.69) is 0 Å². The van der Waals surface area contributed by atoms with Crippen molar-refractivity contribution in [1.29, 1.82) is 0 Å². The molecule has 1 unspecified atom stereocenters. The Kier molecular flexibility index (Phi) is 2.05. The zero-order chi connectivity index (χ0) is 9.26. The molecular weight excluding hydrogens is 164 g/mol. The lowest BCUT2D eigenvalue weighted by Gasteiger charge is -2.23. The molecule has 0 aromatic heterocycles. The fourth-order valence-corrected chi connectivity index (χ4v) is 1.63. The molecule has 1 aliphatic rings. The zero-order valence-electron chi connectivity index (χ0n) is 7.62. The minimum absolute atomic E-state index is 0.0717. The van der Waals surface area contributed by atoms with Gasteiger partial charge < -0.3 is 4.74 Å². The van der Waals surface area contributed by atoms with Crippen molar-refractivity contribution in [3.05, 3.63) is 35.4 Å². The van der Waals surface area contributed by atoms with Crippen molar-refractivity contribution in [2.75, 3.05) is 0 Å². The molecule has 0 amide bonds. The van der Waals surface area contributed by atoms with Gasteiger partial charge in [-0.1, -0.05) is 25.1 Å². The van der Waals surface area contributed by atoms with Gasteiger partial charge in [0.1, 0.15) is 6.10 Å². The van der Waals surface area contributed by atoms with Gasteiger partial charge in [-0.2, -0.15) is 0 Å². The van der Waals surface area contributed by atoms with Crippen LogP contribution in [-0.2, 0) is 11.2 Å². The summed E-state index contributed by atoms with van der Waals surface area (Å²) in [6.45, 7) is 2.03. The number of fused-ring (bicyclic) bond motifs is 1. The van der Waals surface area contributed by atoms with Gasteiger partial charge in [0, 0.05) is 6.42 Å². The maximum absolute atomic E-state index is 11.4. The van der Waals surface area contributed by atoms with E-state index in [1.165, 1.54) is 0 Å². The monoisotopic (exact) mass is 176 g/mol. The van der Waals surface area contributed by atoms with E-state index in [9.17, 15) is 4.79 Å². The molecule has 0 saturated heterocycles. The molecule has 0 radical (unpaired) electrons.